The zero-order valence-corrected chi connectivity index (χ0v) is 26.5. The number of piperazine rings is 1. The highest BCUT2D eigenvalue weighted by Gasteiger charge is 2.41. The van der Waals surface area contributed by atoms with Crippen LogP contribution in [0.2, 0.25) is 5.02 Å². The first-order valence-corrected chi connectivity index (χ1v) is 15.3. The number of aromatic nitrogens is 4. The van der Waals surface area contributed by atoms with Gasteiger partial charge in [0.2, 0.25) is 11.7 Å². The first kappa shape index (κ1) is 30.5. The molecular weight excluding hydrogens is 599 g/mol. The standard InChI is InChI=1S/C33H34ClFN6O4/c1-7-24(43)39-13-19-14-45-31-29(40(19)12-18(39)6)20-11-21(34)28(25-22(35)9-8-10-23(25)42)38-32(20)41(33(31)44)30-26(16(2)3)36-15-37-27(30)17(4)5/h7-11,15-19,42H,1,12-14H2,2-6H3. The van der Waals surface area contributed by atoms with Crippen LogP contribution in [0.1, 0.15) is 57.8 Å². The highest BCUT2D eigenvalue weighted by molar-refractivity contribution is 6.34. The van der Waals surface area contributed by atoms with Gasteiger partial charge in [0.15, 0.2) is 5.65 Å². The van der Waals surface area contributed by atoms with Crippen molar-refractivity contribution in [2.75, 3.05) is 24.6 Å². The average molecular weight is 633 g/mol. The number of hydrogen-bond acceptors (Lipinski definition) is 8. The number of anilines is 1. The highest BCUT2D eigenvalue weighted by atomic mass is 35.5. The quantitative estimate of drug-likeness (QED) is 0.284. The Morgan fingerprint density at radius 3 is 2.47 bits per heavy atom. The Bertz CT molecular complexity index is 1880. The van der Waals surface area contributed by atoms with E-state index in [0.717, 1.165) is 0 Å². The van der Waals surface area contributed by atoms with E-state index in [1.54, 1.807) is 11.0 Å². The number of benzene rings is 1. The predicted octanol–water partition coefficient (Wildman–Crippen LogP) is 5.57. The molecule has 3 aromatic heterocycles. The van der Waals surface area contributed by atoms with Gasteiger partial charge in [-0.05, 0) is 43.0 Å². The van der Waals surface area contributed by atoms with E-state index in [0.29, 0.717) is 41.2 Å². The van der Waals surface area contributed by atoms with Crippen LogP contribution in [0.15, 0.2) is 48.0 Å². The summed E-state index contributed by atoms with van der Waals surface area (Å²) in [5, 5.41) is 11.2. The summed E-state index contributed by atoms with van der Waals surface area (Å²) >= 11 is 6.84. The molecule has 2 atom stereocenters. The third-order valence-electron chi connectivity index (χ3n) is 8.47. The van der Waals surface area contributed by atoms with Crippen LogP contribution in [0, 0.1) is 5.82 Å². The third kappa shape index (κ3) is 4.89. The lowest BCUT2D eigenvalue weighted by atomic mass is 9.99. The number of carbonyl (C=O) groups is 1. The van der Waals surface area contributed by atoms with Crippen LogP contribution in [0.25, 0.3) is 28.0 Å². The van der Waals surface area contributed by atoms with Crippen molar-refractivity contribution in [3.05, 3.63) is 75.8 Å². The van der Waals surface area contributed by atoms with Crippen LogP contribution < -0.4 is 15.2 Å². The van der Waals surface area contributed by atoms with Gasteiger partial charge in [-0.1, -0.05) is 51.9 Å². The average Bonchev–Trinajstić information content (AvgIpc) is 3.00. The molecule has 0 radical (unpaired) electrons. The lowest BCUT2D eigenvalue weighted by molar-refractivity contribution is -0.129. The van der Waals surface area contributed by atoms with Crippen molar-refractivity contribution < 1.29 is 19.0 Å². The maximum absolute atomic E-state index is 15.2. The number of nitrogens with zero attached hydrogens (tertiary/aromatic N) is 6. The monoisotopic (exact) mass is 632 g/mol. The fourth-order valence-electron chi connectivity index (χ4n) is 6.33. The Morgan fingerprint density at radius 1 is 1.16 bits per heavy atom. The molecule has 2 aliphatic heterocycles. The molecule has 2 unspecified atom stereocenters. The molecule has 45 heavy (non-hydrogen) atoms. The number of halogens is 2. The lowest BCUT2D eigenvalue weighted by Crippen LogP contribution is -2.62. The lowest BCUT2D eigenvalue weighted by Gasteiger charge is -2.48. The molecule has 1 saturated heterocycles. The Hall–Kier alpha value is -4.51. The van der Waals surface area contributed by atoms with Gasteiger partial charge in [0.1, 0.15) is 24.5 Å². The number of rotatable bonds is 5. The number of aromatic hydroxyl groups is 1. The molecule has 1 aromatic carbocycles. The molecule has 0 spiro atoms. The van der Waals surface area contributed by atoms with E-state index in [1.807, 2.05) is 34.6 Å². The number of hydrogen-bond donors (Lipinski definition) is 1. The maximum atomic E-state index is 15.2. The van der Waals surface area contributed by atoms with E-state index in [4.69, 9.17) is 21.3 Å². The number of ether oxygens (including phenoxy) is 1. The number of amides is 1. The van der Waals surface area contributed by atoms with Crippen LogP contribution in [-0.4, -0.2) is 67.2 Å². The predicted molar refractivity (Wildman–Crippen MR) is 171 cm³/mol. The van der Waals surface area contributed by atoms with Crippen LogP contribution in [0.4, 0.5) is 10.1 Å². The normalized spacial score (nSPS) is 17.8. The zero-order valence-electron chi connectivity index (χ0n) is 25.7. The summed E-state index contributed by atoms with van der Waals surface area (Å²) in [6, 6.07) is 5.11. The van der Waals surface area contributed by atoms with Crippen molar-refractivity contribution in [3.63, 3.8) is 0 Å². The molecule has 0 bridgehead atoms. The molecule has 1 amide bonds. The van der Waals surface area contributed by atoms with E-state index >= 15 is 4.39 Å². The Morgan fingerprint density at radius 2 is 1.84 bits per heavy atom. The van der Waals surface area contributed by atoms with E-state index in [9.17, 15) is 14.7 Å². The smallest absolute Gasteiger partial charge is 0.301 e. The molecule has 234 valence electrons. The van der Waals surface area contributed by atoms with Crippen molar-refractivity contribution in [2.24, 2.45) is 0 Å². The molecule has 1 fully saturated rings. The van der Waals surface area contributed by atoms with E-state index in [-0.39, 0.29) is 69.9 Å². The molecule has 10 nitrogen and oxygen atoms in total. The highest BCUT2D eigenvalue weighted by Crippen LogP contribution is 2.44. The Balaban J connectivity index is 1.73. The molecule has 5 heterocycles. The zero-order chi connectivity index (χ0) is 32.3. The minimum absolute atomic E-state index is 0.0232. The fraction of sp³-hybridized carbons (Fsp3) is 0.364. The maximum Gasteiger partial charge on any atom is 0.301 e. The first-order chi connectivity index (χ1) is 21.4. The van der Waals surface area contributed by atoms with Gasteiger partial charge in [0, 0.05) is 24.5 Å². The molecular formula is C33H34ClFN6O4. The number of phenols is 1. The van der Waals surface area contributed by atoms with Gasteiger partial charge in [-0.2, -0.15) is 0 Å². The van der Waals surface area contributed by atoms with Crippen molar-refractivity contribution in [2.45, 2.75) is 58.5 Å². The van der Waals surface area contributed by atoms with Crippen LogP contribution in [0.5, 0.6) is 11.5 Å². The SMILES string of the molecule is C=CC(=O)N1CC2COc3c(c4cc(Cl)c(-c5c(O)cccc5F)nc4n(-c4c(C(C)C)ncnc4C(C)C)c3=O)N2CC1C. The van der Waals surface area contributed by atoms with Gasteiger partial charge in [0.25, 0.3) is 0 Å². The van der Waals surface area contributed by atoms with Gasteiger partial charge in [-0.15, -0.1) is 0 Å². The summed E-state index contributed by atoms with van der Waals surface area (Å²) < 4.78 is 22.9. The van der Waals surface area contributed by atoms with Gasteiger partial charge in [-0.25, -0.2) is 19.3 Å². The topological polar surface area (TPSA) is 114 Å². The molecule has 0 saturated carbocycles. The summed E-state index contributed by atoms with van der Waals surface area (Å²) in [7, 11) is 0. The molecule has 6 rings (SSSR count). The van der Waals surface area contributed by atoms with Gasteiger partial charge in [0.05, 0.1) is 45.1 Å². The molecule has 12 heteroatoms. The Labute approximate surface area is 264 Å². The van der Waals surface area contributed by atoms with Crippen LogP contribution in [-0.2, 0) is 4.79 Å². The summed E-state index contributed by atoms with van der Waals surface area (Å²) in [6.07, 6.45) is 2.78. The number of fused-ring (bicyclic) bond motifs is 5. The molecule has 4 aromatic rings. The van der Waals surface area contributed by atoms with Crippen molar-refractivity contribution >= 4 is 34.2 Å². The van der Waals surface area contributed by atoms with Crippen LogP contribution in [0.3, 0.4) is 0 Å². The van der Waals surface area contributed by atoms with Gasteiger partial charge >= 0.3 is 5.56 Å². The minimum Gasteiger partial charge on any atom is -0.507 e. The van der Waals surface area contributed by atoms with E-state index < -0.39 is 11.4 Å². The van der Waals surface area contributed by atoms with Gasteiger partial charge in [-0.3, -0.25) is 14.2 Å². The second kappa shape index (κ2) is 11.4. The summed E-state index contributed by atoms with van der Waals surface area (Å²) in [5.41, 5.74) is 1.71. The third-order valence-corrected chi connectivity index (χ3v) is 8.75. The largest absolute Gasteiger partial charge is 0.507 e. The summed E-state index contributed by atoms with van der Waals surface area (Å²) in [6.45, 7) is 14.4. The van der Waals surface area contributed by atoms with Gasteiger partial charge < -0.3 is 19.6 Å². The van der Waals surface area contributed by atoms with Crippen LogP contribution >= 0.6 is 11.6 Å². The summed E-state index contributed by atoms with van der Waals surface area (Å²) in [4.78, 5) is 45.1. The van der Waals surface area contributed by atoms with Crippen molar-refractivity contribution in [3.8, 4) is 28.4 Å². The number of pyridine rings is 2. The van der Waals surface area contributed by atoms with E-state index in [2.05, 4.69) is 21.4 Å². The fourth-order valence-corrected chi connectivity index (χ4v) is 6.58. The van der Waals surface area contributed by atoms with Crippen molar-refractivity contribution in [1.82, 2.24) is 24.4 Å². The number of carbonyl (C=O) groups excluding carboxylic acids is 1. The Kier molecular flexibility index (Phi) is 7.76. The van der Waals surface area contributed by atoms with E-state index in [1.165, 1.54) is 35.2 Å². The second-order valence-corrected chi connectivity index (χ2v) is 12.5. The minimum atomic E-state index is -0.718. The molecule has 1 N–H and O–H groups in total. The number of phenolic OH excluding ortho intramolecular Hbond substituents is 1. The van der Waals surface area contributed by atoms with Crippen molar-refractivity contribution in [1.29, 1.82) is 0 Å². The second-order valence-electron chi connectivity index (χ2n) is 12.1. The summed E-state index contributed by atoms with van der Waals surface area (Å²) in [5.74, 6) is -1.32. The molecule has 2 aliphatic rings. The first-order valence-electron chi connectivity index (χ1n) is 14.9. The molecule has 0 aliphatic carbocycles.